The van der Waals surface area contributed by atoms with Crippen molar-refractivity contribution in [2.24, 2.45) is 0 Å². The number of hydrogen-bond donors (Lipinski definition) is 2. The van der Waals surface area contributed by atoms with E-state index in [1.54, 1.807) is 13.2 Å². The average molecular weight is 251 g/mol. The van der Waals surface area contributed by atoms with Crippen LogP contribution in [-0.2, 0) is 11.3 Å². The van der Waals surface area contributed by atoms with Crippen molar-refractivity contribution in [2.45, 2.75) is 26.3 Å². The van der Waals surface area contributed by atoms with Crippen LogP contribution in [0.1, 0.15) is 25.5 Å². The standard InChI is InChI=1S/C13H21N3O2/c1-3-15-9-11-6-7-12(10-16-11)18-8-4-5-13(17)14-2/h6-7,10,15H,3-5,8-9H2,1-2H3,(H,14,17). The molecule has 2 N–H and O–H groups in total. The summed E-state index contributed by atoms with van der Waals surface area (Å²) < 4.78 is 5.50. The van der Waals surface area contributed by atoms with Crippen LogP contribution in [-0.4, -0.2) is 31.1 Å². The highest BCUT2D eigenvalue weighted by Crippen LogP contribution is 2.09. The molecule has 0 unspecified atom stereocenters. The van der Waals surface area contributed by atoms with Gasteiger partial charge in [-0.05, 0) is 25.1 Å². The van der Waals surface area contributed by atoms with Crippen molar-refractivity contribution in [3.05, 3.63) is 24.0 Å². The third kappa shape index (κ3) is 5.63. The number of aromatic nitrogens is 1. The molecule has 0 aromatic carbocycles. The number of hydrogen-bond acceptors (Lipinski definition) is 4. The summed E-state index contributed by atoms with van der Waals surface area (Å²) in [7, 11) is 1.64. The van der Waals surface area contributed by atoms with Gasteiger partial charge in [-0.25, -0.2) is 0 Å². The number of carbonyl (C=O) groups is 1. The van der Waals surface area contributed by atoms with Crippen LogP contribution in [0.5, 0.6) is 5.75 Å². The molecule has 0 aliphatic carbocycles. The number of nitrogens with zero attached hydrogens (tertiary/aromatic N) is 1. The van der Waals surface area contributed by atoms with E-state index >= 15 is 0 Å². The topological polar surface area (TPSA) is 63.2 Å². The summed E-state index contributed by atoms with van der Waals surface area (Å²) in [6.07, 6.45) is 2.91. The number of ether oxygens (including phenoxy) is 1. The number of carbonyl (C=O) groups excluding carboxylic acids is 1. The first-order valence-electron chi connectivity index (χ1n) is 6.25. The van der Waals surface area contributed by atoms with Gasteiger partial charge in [-0.3, -0.25) is 9.78 Å². The van der Waals surface area contributed by atoms with Gasteiger partial charge < -0.3 is 15.4 Å². The third-order valence-electron chi connectivity index (χ3n) is 2.45. The maximum absolute atomic E-state index is 11.0. The van der Waals surface area contributed by atoms with E-state index < -0.39 is 0 Å². The van der Waals surface area contributed by atoms with Gasteiger partial charge in [-0.15, -0.1) is 0 Å². The van der Waals surface area contributed by atoms with Gasteiger partial charge in [-0.1, -0.05) is 6.92 Å². The number of pyridine rings is 1. The molecule has 0 bridgehead atoms. The molecule has 0 saturated heterocycles. The molecule has 0 atom stereocenters. The number of rotatable bonds is 8. The Bertz CT molecular complexity index is 352. The second-order valence-corrected chi connectivity index (χ2v) is 3.89. The van der Waals surface area contributed by atoms with Gasteiger partial charge in [0.25, 0.3) is 0 Å². The summed E-state index contributed by atoms with van der Waals surface area (Å²) in [5.74, 6) is 0.782. The second-order valence-electron chi connectivity index (χ2n) is 3.89. The average Bonchev–Trinajstić information content (AvgIpc) is 2.42. The maximum atomic E-state index is 11.0. The highest BCUT2D eigenvalue weighted by molar-refractivity contribution is 5.75. The molecule has 0 spiro atoms. The molecule has 0 radical (unpaired) electrons. The van der Waals surface area contributed by atoms with Gasteiger partial charge in [0.2, 0.25) is 5.91 Å². The Kier molecular flexibility index (Phi) is 6.79. The van der Waals surface area contributed by atoms with E-state index in [1.165, 1.54) is 0 Å². The van der Waals surface area contributed by atoms with E-state index in [-0.39, 0.29) is 5.91 Å². The first kappa shape index (κ1) is 14.4. The predicted octanol–water partition coefficient (Wildman–Crippen LogP) is 1.10. The fourth-order valence-corrected chi connectivity index (χ4v) is 1.40. The zero-order valence-electron chi connectivity index (χ0n) is 11.0. The molecule has 0 aliphatic rings. The maximum Gasteiger partial charge on any atom is 0.219 e. The molecule has 100 valence electrons. The minimum absolute atomic E-state index is 0.0395. The monoisotopic (exact) mass is 251 g/mol. The smallest absolute Gasteiger partial charge is 0.219 e. The molecule has 0 fully saturated rings. The molecule has 1 aromatic rings. The Balaban J connectivity index is 2.24. The van der Waals surface area contributed by atoms with E-state index in [0.29, 0.717) is 19.4 Å². The van der Waals surface area contributed by atoms with Crippen LogP contribution in [0.25, 0.3) is 0 Å². The Morgan fingerprint density at radius 3 is 2.89 bits per heavy atom. The zero-order valence-corrected chi connectivity index (χ0v) is 11.0. The second kappa shape index (κ2) is 8.47. The van der Waals surface area contributed by atoms with Crippen molar-refractivity contribution in [3.63, 3.8) is 0 Å². The fourth-order valence-electron chi connectivity index (χ4n) is 1.40. The molecule has 1 aromatic heterocycles. The first-order valence-corrected chi connectivity index (χ1v) is 6.25. The summed E-state index contributed by atoms with van der Waals surface area (Å²) in [5.41, 5.74) is 0.995. The van der Waals surface area contributed by atoms with Crippen LogP contribution < -0.4 is 15.4 Å². The van der Waals surface area contributed by atoms with E-state index in [1.807, 2.05) is 12.1 Å². The molecule has 5 heteroatoms. The first-order chi connectivity index (χ1) is 8.76. The Labute approximate surface area is 108 Å². The van der Waals surface area contributed by atoms with Crippen molar-refractivity contribution in [1.29, 1.82) is 0 Å². The van der Waals surface area contributed by atoms with Crippen molar-refractivity contribution in [2.75, 3.05) is 20.2 Å². The van der Waals surface area contributed by atoms with Crippen molar-refractivity contribution < 1.29 is 9.53 Å². The molecule has 18 heavy (non-hydrogen) atoms. The number of nitrogens with one attached hydrogen (secondary N) is 2. The van der Waals surface area contributed by atoms with Gasteiger partial charge >= 0.3 is 0 Å². The summed E-state index contributed by atoms with van der Waals surface area (Å²) >= 11 is 0. The minimum Gasteiger partial charge on any atom is -0.492 e. The van der Waals surface area contributed by atoms with E-state index in [4.69, 9.17) is 4.74 Å². The summed E-state index contributed by atoms with van der Waals surface area (Å²) in [6, 6.07) is 3.84. The molecular weight excluding hydrogens is 230 g/mol. The SMILES string of the molecule is CCNCc1ccc(OCCCC(=O)NC)cn1. The van der Waals surface area contributed by atoms with E-state index in [0.717, 1.165) is 24.5 Å². The van der Waals surface area contributed by atoms with Crippen LogP contribution in [0, 0.1) is 0 Å². The highest BCUT2D eigenvalue weighted by atomic mass is 16.5. The van der Waals surface area contributed by atoms with Crippen LogP contribution in [0.4, 0.5) is 0 Å². The van der Waals surface area contributed by atoms with Crippen LogP contribution >= 0.6 is 0 Å². The Morgan fingerprint density at radius 1 is 1.44 bits per heavy atom. The summed E-state index contributed by atoms with van der Waals surface area (Å²) in [6.45, 7) is 4.29. The lowest BCUT2D eigenvalue weighted by Gasteiger charge is -2.06. The van der Waals surface area contributed by atoms with Gasteiger partial charge in [0.15, 0.2) is 0 Å². The molecule has 1 heterocycles. The molecular formula is C13H21N3O2. The highest BCUT2D eigenvalue weighted by Gasteiger charge is 1.99. The van der Waals surface area contributed by atoms with Crippen LogP contribution in [0.15, 0.2) is 18.3 Å². The third-order valence-corrected chi connectivity index (χ3v) is 2.45. The molecule has 1 amide bonds. The quantitative estimate of drug-likeness (QED) is 0.679. The lowest BCUT2D eigenvalue weighted by atomic mass is 10.3. The van der Waals surface area contributed by atoms with Gasteiger partial charge in [0.05, 0.1) is 18.5 Å². The van der Waals surface area contributed by atoms with Gasteiger partial charge in [0.1, 0.15) is 5.75 Å². The molecule has 0 saturated carbocycles. The van der Waals surface area contributed by atoms with E-state index in [2.05, 4.69) is 22.5 Å². The van der Waals surface area contributed by atoms with E-state index in [9.17, 15) is 4.79 Å². The number of amides is 1. The van der Waals surface area contributed by atoms with Crippen molar-refractivity contribution >= 4 is 5.91 Å². The summed E-state index contributed by atoms with van der Waals surface area (Å²) in [5, 5.41) is 5.78. The van der Waals surface area contributed by atoms with Crippen LogP contribution in [0.3, 0.4) is 0 Å². The molecule has 5 nitrogen and oxygen atoms in total. The zero-order chi connectivity index (χ0) is 13.2. The predicted molar refractivity (Wildman–Crippen MR) is 70.4 cm³/mol. The van der Waals surface area contributed by atoms with Crippen molar-refractivity contribution in [3.8, 4) is 5.75 Å². The van der Waals surface area contributed by atoms with Crippen LogP contribution in [0.2, 0.25) is 0 Å². The minimum atomic E-state index is 0.0395. The molecule has 0 aliphatic heterocycles. The lowest BCUT2D eigenvalue weighted by molar-refractivity contribution is -0.120. The fraction of sp³-hybridized carbons (Fsp3) is 0.538. The molecule has 1 rings (SSSR count). The Hall–Kier alpha value is -1.62. The summed E-state index contributed by atoms with van der Waals surface area (Å²) in [4.78, 5) is 15.3. The van der Waals surface area contributed by atoms with Crippen molar-refractivity contribution in [1.82, 2.24) is 15.6 Å². The normalized spacial score (nSPS) is 10.1. The largest absolute Gasteiger partial charge is 0.492 e. The van der Waals surface area contributed by atoms with Gasteiger partial charge in [0, 0.05) is 20.0 Å². The Morgan fingerprint density at radius 2 is 2.28 bits per heavy atom. The lowest BCUT2D eigenvalue weighted by Crippen LogP contribution is -2.18. The van der Waals surface area contributed by atoms with Gasteiger partial charge in [-0.2, -0.15) is 0 Å².